The van der Waals surface area contributed by atoms with E-state index in [2.05, 4.69) is 59.7 Å². The van der Waals surface area contributed by atoms with Crippen molar-refractivity contribution in [3.63, 3.8) is 0 Å². The van der Waals surface area contributed by atoms with Crippen molar-refractivity contribution in [1.29, 1.82) is 0 Å². The minimum Gasteiger partial charge on any atom is -0.490 e. The molecule has 0 amide bonds. The lowest BCUT2D eigenvalue weighted by molar-refractivity contribution is 0.254. The van der Waals surface area contributed by atoms with Crippen molar-refractivity contribution in [3.8, 4) is 16.9 Å². The highest BCUT2D eigenvalue weighted by Crippen LogP contribution is 2.32. The maximum atomic E-state index is 5.75. The SMILES string of the molecule is CN=C(N)NCc1ccc(-c2ccc3c(c2)CC(C)O3)cc1. The van der Waals surface area contributed by atoms with Crippen LogP contribution in [0.1, 0.15) is 18.1 Å². The van der Waals surface area contributed by atoms with Crippen LogP contribution in [0.3, 0.4) is 0 Å². The summed E-state index contributed by atoms with van der Waals surface area (Å²) in [5.74, 6) is 1.48. The summed E-state index contributed by atoms with van der Waals surface area (Å²) >= 11 is 0. The molecule has 4 heteroatoms. The molecule has 1 aliphatic heterocycles. The third kappa shape index (κ3) is 3.06. The highest BCUT2D eigenvalue weighted by atomic mass is 16.5. The van der Waals surface area contributed by atoms with Crippen molar-refractivity contribution in [2.75, 3.05) is 7.05 Å². The topological polar surface area (TPSA) is 59.6 Å². The van der Waals surface area contributed by atoms with E-state index >= 15 is 0 Å². The Kier molecular flexibility index (Phi) is 4.00. The lowest BCUT2D eigenvalue weighted by Crippen LogP contribution is -2.30. The quantitative estimate of drug-likeness (QED) is 0.676. The van der Waals surface area contributed by atoms with Crippen molar-refractivity contribution in [1.82, 2.24) is 5.32 Å². The lowest BCUT2D eigenvalue weighted by atomic mass is 10.00. The van der Waals surface area contributed by atoms with Gasteiger partial charge in [0.15, 0.2) is 5.96 Å². The Morgan fingerprint density at radius 1 is 1.23 bits per heavy atom. The van der Waals surface area contributed by atoms with Crippen LogP contribution >= 0.6 is 0 Å². The molecule has 2 aromatic rings. The van der Waals surface area contributed by atoms with Gasteiger partial charge in [-0.25, -0.2) is 0 Å². The molecule has 4 nitrogen and oxygen atoms in total. The molecule has 0 fully saturated rings. The Balaban J connectivity index is 1.75. The van der Waals surface area contributed by atoms with E-state index in [0.717, 1.165) is 12.2 Å². The maximum Gasteiger partial charge on any atom is 0.188 e. The fourth-order valence-electron chi connectivity index (χ4n) is 2.69. The number of rotatable bonds is 3. The number of guanidine groups is 1. The Morgan fingerprint density at radius 2 is 1.95 bits per heavy atom. The minimum absolute atomic E-state index is 0.282. The molecule has 3 N–H and O–H groups in total. The maximum absolute atomic E-state index is 5.75. The van der Waals surface area contributed by atoms with Gasteiger partial charge in [0, 0.05) is 20.0 Å². The zero-order valence-electron chi connectivity index (χ0n) is 13.0. The van der Waals surface area contributed by atoms with Gasteiger partial charge in [0.2, 0.25) is 0 Å². The van der Waals surface area contributed by atoms with Crippen LogP contribution in [0, 0.1) is 0 Å². The fraction of sp³-hybridized carbons (Fsp3) is 0.278. The molecule has 0 aromatic heterocycles. The van der Waals surface area contributed by atoms with E-state index in [1.54, 1.807) is 7.05 Å². The van der Waals surface area contributed by atoms with Gasteiger partial charge in [0.1, 0.15) is 11.9 Å². The van der Waals surface area contributed by atoms with Gasteiger partial charge in [-0.1, -0.05) is 30.3 Å². The largest absolute Gasteiger partial charge is 0.490 e. The number of hydrogen-bond donors (Lipinski definition) is 2. The van der Waals surface area contributed by atoms with Gasteiger partial charge in [-0.15, -0.1) is 0 Å². The Bertz CT molecular complexity index is 692. The number of ether oxygens (including phenoxy) is 1. The summed E-state index contributed by atoms with van der Waals surface area (Å²) in [7, 11) is 1.67. The van der Waals surface area contributed by atoms with E-state index < -0.39 is 0 Å². The molecule has 2 aromatic carbocycles. The zero-order chi connectivity index (χ0) is 15.5. The summed E-state index contributed by atoms with van der Waals surface area (Å²) in [6.07, 6.45) is 1.27. The minimum atomic E-state index is 0.282. The molecular formula is C18H21N3O. The first-order chi connectivity index (χ1) is 10.7. The zero-order valence-corrected chi connectivity index (χ0v) is 13.0. The Hall–Kier alpha value is -2.49. The van der Waals surface area contributed by atoms with Crippen LogP contribution in [0.4, 0.5) is 0 Å². The smallest absolute Gasteiger partial charge is 0.188 e. The van der Waals surface area contributed by atoms with Crippen LogP contribution < -0.4 is 15.8 Å². The highest BCUT2D eigenvalue weighted by Gasteiger charge is 2.19. The summed E-state index contributed by atoms with van der Waals surface area (Å²) in [6, 6.07) is 14.9. The number of nitrogens with two attached hydrogens (primary N) is 1. The van der Waals surface area contributed by atoms with Crippen molar-refractivity contribution < 1.29 is 4.74 Å². The van der Waals surface area contributed by atoms with Crippen LogP contribution in [0.5, 0.6) is 5.75 Å². The predicted octanol–water partition coefficient (Wildman–Crippen LogP) is 2.71. The van der Waals surface area contributed by atoms with E-state index in [1.807, 2.05) is 0 Å². The monoisotopic (exact) mass is 295 g/mol. The van der Waals surface area contributed by atoms with Gasteiger partial charge in [-0.3, -0.25) is 4.99 Å². The highest BCUT2D eigenvalue weighted by molar-refractivity contribution is 5.77. The molecule has 0 bridgehead atoms. The molecule has 1 unspecified atom stereocenters. The number of nitrogens with one attached hydrogen (secondary N) is 1. The Morgan fingerprint density at radius 3 is 2.68 bits per heavy atom. The van der Waals surface area contributed by atoms with Crippen molar-refractivity contribution in [2.24, 2.45) is 10.7 Å². The standard InChI is InChI=1S/C18H21N3O/c1-12-9-16-10-15(7-8-17(16)22-12)14-5-3-13(4-6-14)11-21-18(19)20-2/h3-8,10,12H,9,11H2,1-2H3,(H3,19,20,21). The third-order valence-electron chi connectivity index (χ3n) is 3.90. The summed E-state index contributed by atoms with van der Waals surface area (Å²) in [6.45, 7) is 2.78. The summed E-state index contributed by atoms with van der Waals surface area (Å²) in [5, 5.41) is 3.06. The lowest BCUT2D eigenvalue weighted by Gasteiger charge is -2.08. The molecule has 22 heavy (non-hydrogen) atoms. The molecule has 114 valence electrons. The first-order valence-electron chi connectivity index (χ1n) is 7.50. The molecule has 0 saturated heterocycles. The van der Waals surface area contributed by atoms with Gasteiger partial charge < -0.3 is 15.8 Å². The van der Waals surface area contributed by atoms with E-state index in [-0.39, 0.29) is 6.10 Å². The van der Waals surface area contributed by atoms with Gasteiger partial charge in [0.25, 0.3) is 0 Å². The second kappa shape index (κ2) is 6.10. The summed E-state index contributed by atoms with van der Waals surface area (Å²) in [4.78, 5) is 3.88. The number of fused-ring (bicyclic) bond motifs is 1. The Labute approximate surface area is 131 Å². The predicted molar refractivity (Wildman–Crippen MR) is 90.1 cm³/mol. The molecule has 0 spiro atoms. The van der Waals surface area contributed by atoms with E-state index in [1.165, 1.54) is 22.3 Å². The van der Waals surface area contributed by atoms with Crippen LogP contribution in [0.25, 0.3) is 11.1 Å². The van der Waals surface area contributed by atoms with Gasteiger partial charge in [0.05, 0.1) is 0 Å². The number of nitrogens with zero attached hydrogens (tertiary/aromatic N) is 1. The molecule has 0 radical (unpaired) electrons. The molecule has 0 aliphatic carbocycles. The molecule has 1 atom stereocenters. The average Bonchev–Trinajstić information content (AvgIpc) is 2.92. The normalized spacial score (nSPS) is 17.0. The van der Waals surface area contributed by atoms with Crippen LogP contribution in [0.2, 0.25) is 0 Å². The summed E-state index contributed by atoms with van der Waals surface area (Å²) < 4.78 is 5.75. The van der Waals surface area contributed by atoms with E-state index in [0.29, 0.717) is 12.5 Å². The van der Waals surface area contributed by atoms with Gasteiger partial charge in [-0.2, -0.15) is 0 Å². The summed E-state index contributed by atoms with van der Waals surface area (Å²) in [5.41, 5.74) is 10.5. The third-order valence-corrected chi connectivity index (χ3v) is 3.90. The molecular weight excluding hydrogens is 274 g/mol. The van der Waals surface area contributed by atoms with E-state index in [4.69, 9.17) is 10.5 Å². The average molecular weight is 295 g/mol. The number of benzene rings is 2. The van der Waals surface area contributed by atoms with Gasteiger partial charge in [-0.05, 0) is 41.3 Å². The van der Waals surface area contributed by atoms with E-state index in [9.17, 15) is 0 Å². The number of hydrogen-bond acceptors (Lipinski definition) is 2. The van der Waals surface area contributed by atoms with Crippen LogP contribution in [-0.4, -0.2) is 19.1 Å². The second-order valence-electron chi connectivity index (χ2n) is 5.61. The molecule has 3 rings (SSSR count). The van der Waals surface area contributed by atoms with Crippen molar-refractivity contribution in [2.45, 2.75) is 26.0 Å². The fourth-order valence-corrected chi connectivity index (χ4v) is 2.69. The number of aliphatic imine (C=N–C) groups is 1. The molecule has 0 saturated carbocycles. The molecule has 1 aliphatic rings. The second-order valence-corrected chi connectivity index (χ2v) is 5.61. The van der Waals surface area contributed by atoms with Gasteiger partial charge >= 0.3 is 0 Å². The molecule has 1 heterocycles. The van der Waals surface area contributed by atoms with Crippen LogP contribution in [0.15, 0.2) is 47.5 Å². The van der Waals surface area contributed by atoms with Crippen LogP contribution in [-0.2, 0) is 13.0 Å². The van der Waals surface area contributed by atoms with Crippen molar-refractivity contribution >= 4 is 5.96 Å². The first-order valence-corrected chi connectivity index (χ1v) is 7.50. The first kappa shape index (κ1) is 14.4. The van der Waals surface area contributed by atoms with Crippen molar-refractivity contribution in [3.05, 3.63) is 53.6 Å².